The fraction of sp³-hybridized carbons (Fsp3) is 0.606. The van der Waals surface area contributed by atoms with E-state index < -0.39 is 36.5 Å². The summed E-state index contributed by atoms with van der Waals surface area (Å²) in [7, 11) is 0. The summed E-state index contributed by atoms with van der Waals surface area (Å²) in [6.45, 7) is 12.0. The van der Waals surface area contributed by atoms with Gasteiger partial charge in [-0.2, -0.15) is 0 Å². The Labute approximate surface area is 256 Å². The van der Waals surface area contributed by atoms with E-state index in [0.717, 1.165) is 63.1 Å². The second kappa shape index (κ2) is 15.0. The predicted molar refractivity (Wildman–Crippen MR) is 157 cm³/mol. The van der Waals surface area contributed by atoms with E-state index in [-0.39, 0.29) is 29.5 Å². The number of alkyl halides is 5. The monoisotopic (exact) mass is 630 g/mol. The first-order valence-electron chi connectivity index (χ1n) is 15.1. The number of carboxylic acid groups (broad SMARTS) is 1. The molecule has 0 aliphatic carbocycles. The summed E-state index contributed by atoms with van der Waals surface area (Å²) in [4.78, 5) is 15.8. The molecule has 11 heteroatoms. The highest BCUT2D eigenvalue weighted by atomic mass is 19.4. The molecule has 2 aliphatic heterocycles. The molecule has 2 atom stereocenters. The van der Waals surface area contributed by atoms with Crippen LogP contribution < -0.4 is 4.74 Å². The summed E-state index contributed by atoms with van der Waals surface area (Å²) in [5.41, 5.74) is 0.953. The van der Waals surface area contributed by atoms with E-state index in [9.17, 15) is 36.2 Å². The Hall–Kier alpha value is -2.79. The molecule has 1 N–H and O–H groups in total. The largest absolute Gasteiger partial charge is 0.573 e. The van der Waals surface area contributed by atoms with Crippen molar-refractivity contribution in [3.05, 3.63) is 65.5 Å². The fourth-order valence-electron chi connectivity index (χ4n) is 6.24. The highest BCUT2D eigenvalue weighted by Gasteiger charge is 2.40. The third-order valence-corrected chi connectivity index (χ3v) is 8.32. The minimum atomic E-state index is -4.78. The summed E-state index contributed by atoms with van der Waals surface area (Å²) in [6.07, 6.45) is -3.01. The number of ether oxygens (including phenoxy) is 1. The van der Waals surface area contributed by atoms with Gasteiger partial charge in [-0.3, -0.25) is 9.69 Å². The van der Waals surface area contributed by atoms with Crippen LogP contribution in [0.2, 0.25) is 0 Å². The van der Waals surface area contributed by atoms with Gasteiger partial charge in [0.25, 0.3) is 5.92 Å². The number of carboxylic acids is 1. The second-order valence-electron chi connectivity index (χ2n) is 12.9. The minimum Gasteiger partial charge on any atom is -0.480 e. The molecule has 0 radical (unpaired) electrons. The molecule has 2 aromatic carbocycles. The normalized spacial score (nSPS) is 19.7. The lowest BCUT2D eigenvalue weighted by atomic mass is 9.85. The van der Waals surface area contributed by atoms with E-state index in [1.54, 1.807) is 12.1 Å². The van der Waals surface area contributed by atoms with Gasteiger partial charge in [0, 0.05) is 19.4 Å². The van der Waals surface area contributed by atoms with Crippen LogP contribution in [0.1, 0.15) is 70.4 Å². The molecule has 2 saturated heterocycles. The van der Waals surface area contributed by atoms with Crippen molar-refractivity contribution < 1.29 is 41.0 Å². The lowest BCUT2D eigenvalue weighted by molar-refractivity contribution is -0.274. The van der Waals surface area contributed by atoms with Crippen LogP contribution in [0, 0.1) is 17.2 Å². The third-order valence-electron chi connectivity index (χ3n) is 8.32. The molecular weight excluding hydrogens is 586 g/mol. The van der Waals surface area contributed by atoms with Gasteiger partial charge in [0.05, 0.1) is 0 Å². The maximum atomic E-state index is 14.2. The van der Waals surface area contributed by atoms with Crippen LogP contribution in [0.15, 0.2) is 48.5 Å². The molecule has 2 heterocycles. The molecular formula is C33H44F6N2O3. The van der Waals surface area contributed by atoms with Crippen molar-refractivity contribution in [2.24, 2.45) is 11.3 Å². The smallest absolute Gasteiger partial charge is 0.480 e. The molecule has 0 bridgehead atoms. The third kappa shape index (κ3) is 11.3. The summed E-state index contributed by atoms with van der Waals surface area (Å²) < 4.78 is 81.7. The van der Waals surface area contributed by atoms with Gasteiger partial charge in [-0.25, -0.2) is 13.2 Å². The van der Waals surface area contributed by atoms with Crippen molar-refractivity contribution in [2.75, 3.05) is 32.7 Å². The Morgan fingerprint density at radius 3 is 2.14 bits per heavy atom. The first-order chi connectivity index (χ1) is 20.5. The predicted octanol–water partition coefficient (Wildman–Crippen LogP) is 8.00. The highest BCUT2D eigenvalue weighted by molar-refractivity contribution is 5.74. The quantitative estimate of drug-likeness (QED) is 0.285. The zero-order chi connectivity index (χ0) is 32.7. The van der Waals surface area contributed by atoms with Crippen LogP contribution in [0.4, 0.5) is 26.3 Å². The van der Waals surface area contributed by atoms with Gasteiger partial charge >= 0.3 is 12.3 Å². The number of halogens is 6. The van der Waals surface area contributed by atoms with Gasteiger partial charge in [0.1, 0.15) is 17.6 Å². The number of likely N-dealkylation sites (tertiary alicyclic amines) is 2. The van der Waals surface area contributed by atoms with Gasteiger partial charge < -0.3 is 14.7 Å². The van der Waals surface area contributed by atoms with Crippen molar-refractivity contribution in [3.8, 4) is 5.75 Å². The van der Waals surface area contributed by atoms with Crippen molar-refractivity contribution in [1.82, 2.24) is 9.80 Å². The molecule has 2 aliphatic rings. The Kier molecular flexibility index (Phi) is 12.2. The molecule has 0 aromatic heterocycles. The lowest BCUT2D eigenvalue weighted by Crippen LogP contribution is -2.48. The number of carbonyl (C=O) groups is 1. The zero-order valence-corrected chi connectivity index (χ0v) is 25.8. The standard InChI is InChI=1S/C17H22F5NO.C16H22FNO2/c1-2-23-9-7-14(8-10-23)12-16(18,19)11-13-3-5-15(6-4-13)24-17(20,21)22;1-16(2,3)14(15(19)20)18-8-7-12(10-18)11-5-4-6-13(17)9-11/h3-6,14H,2,7-12H2,1H3;4-6,9,12,14H,7-8,10H2,1-3H3,(H,19,20). The van der Waals surface area contributed by atoms with Gasteiger partial charge in [0.15, 0.2) is 0 Å². The second-order valence-corrected chi connectivity index (χ2v) is 12.9. The molecule has 0 saturated carbocycles. The molecule has 2 aromatic rings. The van der Waals surface area contributed by atoms with Gasteiger partial charge in [-0.1, -0.05) is 52.0 Å². The van der Waals surface area contributed by atoms with Crippen molar-refractivity contribution >= 4 is 5.97 Å². The maximum Gasteiger partial charge on any atom is 0.573 e. The van der Waals surface area contributed by atoms with Crippen LogP contribution in [0.5, 0.6) is 5.75 Å². The van der Waals surface area contributed by atoms with E-state index in [2.05, 4.69) is 16.6 Å². The van der Waals surface area contributed by atoms with Crippen LogP contribution >= 0.6 is 0 Å². The number of hydrogen-bond acceptors (Lipinski definition) is 4. The lowest BCUT2D eigenvalue weighted by Gasteiger charge is -2.34. The van der Waals surface area contributed by atoms with E-state index in [0.29, 0.717) is 12.1 Å². The van der Waals surface area contributed by atoms with Crippen LogP contribution in [-0.4, -0.2) is 71.9 Å². The number of nitrogens with zero attached hydrogens (tertiary/aromatic N) is 2. The number of rotatable bonds is 9. The minimum absolute atomic E-state index is 0.00404. The molecule has 0 spiro atoms. The highest BCUT2D eigenvalue weighted by Crippen LogP contribution is 2.35. The topological polar surface area (TPSA) is 53.0 Å². The van der Waals surface area contributed by atoms with Crippen molar-refractivity contribution in [2.45, 2.75) is 84.0 Å². The fourth-order valence-corrected chi connectivity index (χ4v) is 6.24. The van der Waals surface area contributed by atoms with Crippen LogP contribution in [0.3, 0.4) is 0 Å². The molecule has 44 heavy (non-hydrogen) atoms. The van der Waals surface area contributed by atoms with E-state index in [1.165, 1.54) is 18.2 Å². The first kappa shape index (κ1) is 35.7. The zero-order valence-electron chi connectivity index (χ0n) is 25.8. The average Bonchev–Trinajstić information content (AvgIpc) is 3.38. The van der Waals surface area contributed by atoms with Crippen LogP contribution in [0.25, 0.3) is 0 Å². The number of hydrogen-bond donors (Lipinski definition) is 1. The molecule has 5 nitrogen and oxygen atoms in total. The Morgan fingerprint density at radius 2 is 1.61 bits per heavy atom. The van der Waals surface area contributed by atoms with E-state index in [4.69, 9.17) is 0 Å². The van der Waals surface area contributed by atoms with Crippen molar-refractivity contribution in [1.29, 1.82) is 0 Å². The number of benzene rings is 2. The molecule has 2 unspecified atom stereocenters. The van der Waals surface area contributed by atoms with E-state index in [1.807, 2.05) is 31.7 Å². The number of piperidine rings is 1. The van der Waals surface area contributed by atoms with Gasteiger partial charge in [-0.15, -0.1) is 13.2 Å². The molecule has 246 valence electrons. The first-order valence-corrected chi connectivity index (χ1v) is 15.1. The Bertz CT molecular complexity index is 1190. The van der Waals surface area contributed by atoms with E-state index >= 15 is 0 Å². The summed E-state index contributed by atoms with van der Waals surface area (Å²) in [6, 6.07) is 10.8. The van der Waals surface area contributed by atoms with Crippen LogP contribution in [-0.2, 0) is 11.2 Å². The average molecular weight is 631 g/mol. The van der Waals surface area contributed by atoms with Gasteiger partial charge in [-0.05, 0) is 98.1 Å². The summed E-state index contributed by atoms with van der Waals surface area (Å²) >= 11 is 0. The Balaban J connectivity index is 0.000000244. The molecule has 4 rings (SSSR count). The summed E-state index contributed by atoms with van der Waals surface area (Å²) in [5.74, 6) is -4.05. The Morgan fingerprint density at radius 1 is 0.977 bits per heavy atom. The molecule has 0 amide bonds. The molecule has 2 fully saturated rings. The van der Waals surface area contributed by atoms with Gasteiger partial charge in [0.2, 0.25) is 0 Å². The summed E-state index contributed by atoms with van der Waals surface area (Å²) in [5, 5.41) is 9.47. The maximum absolute atomic E-state index is 14.2. The van der Waals surface area contributed by atoms with Crippen molar-refractivity contribution in [3.63, 3.8) is 0 Å². The number of aliphatic carboxylic acids is 1. The SMILES string of the molecule is CC(C)(C)C(C(=O)O)N1CCC(c2cccc(F)c2)C1.CCN1CCC(CC(F)(F)Cc2ccc(OC(F)(F)F)cc2)CC1.